The van der Waals surface area contributed by atoms with Crippen molar-refractivity contribution in [3.8, 4) is 0 Å². The maximum absolute atomic E-state index is 13.4. The Kier molecular flexibility index (Phi) is 30.9. The van der Waals surface area contributed by atoms with Gasteiger partial charge in [0, 0.05) is 34.1 Å². The van der Waals surface area contributed by atoms with Crippen molar-refractivity contribution in [2.24, 2.45) is 0 Å². The predicted molar refractivity (Wildman–Crippen MR) is 327 cm³/mol. The van der Waals surface area contributed by atoms with Gasteiger partial charge in [0.15, 0.2) is 44.0 Å². The van der Waals surface area contributed by atoms with Crippen LogP contribution in [0.1, 0.15) is 41.0 Å². The number of aliphatic hydroxyl groups is 22. The second-order valence-electron chi connectivity index (χ2n) is 26.8. The summed E-state index contributed by atoms with van der Waals surface area (Å²) in [5.74, 6) is -9.07. The van der Waals surface area contributed by atoms with Gasteiger partial charge in [-0.15, -0.1) is 0 Å². The Labute approximate surface area is 600 Å². The first-order valence-electron chi connectivity index (χ1n) is 33.6. The number of aliphatic carboxylic acids is 1. The first-order chi connectivity index (χ1) is 49.9. The lowest BCUT2D eigenvalue weighted by atomic mass is 9.88. The van der Waals surface area contributed by atoms with Gasteiger partial charge in [0.1, 0.15) is 183 Å². The van der Waals surface area contributed by atoms with Crippen LogP contribution in [0.2, 0.25) is 0 Å². The van der Waals surface area contributed by atoms with Crippen LogP contribution in [0.4, 0.5) is 0 Å². The van der Waals surface area contributed by atoms with Gasteiger partial charge in [-0.3, -0.25) is 19.2 Å². The van der Waals surface area contributed by atoms with Crippen molar-refractivity contribution in [2.45, 2.75) is 292 Å². The number of carboxylic acids is 1. The Hall–Kier alpha value is -4.13. The lowest BCUT2D eigenvalue weighted by Gasteiger charge is -2.51. The molecule has 4 amide bonds. The SMILES string of the molecule is CC(=O)N[C@@H]1[C@@H](O[C@@H]2O[C@H](CO)[C@H](O)[C@H](O[C@]3(C(=O)O)C[C@H](O)[C@@H](NC(C)=O)[C@H]([C@H](O)[C@H](O)CO)O3)[C@H]2O)[C@@H](O)[C@@H](CO[C@@H]2O[C@H](CO)[C@@H](O[C@@H]3O[C@H](CO)[C@H](O)[C@H](O[C@@H]4O[C@H](CO)[C@@H](O[C@@H]5O[C@H](CO)[C@H](O)[C@H](O)[C@H]5O)[C@H](O)[C@H]4NC(C)=O)[C@H]3O)[C@H](O[C@@H]3O[C@@H](C)[C@@H](O)[C@@H](O)[C@@H]3O)[C@H]2NC(C)=O)O[C@H]1O. The fourth-order valence-corrected chi connectivity index (χ4v) is 13.6. The summed E-state index contributed by atoms with van der Waals surface area (Å²) in [5.41, 5.74) is 0. The quantitative estimate of drug-likeness (QED) is 0.0346. The summed E-state index contributed by atoms with van der Waals surface area (Å²) in [5, 5.41) is 262. The van der Waals surface area contributed by atoms with E-state index in [1.54, 1.807) is 0 Å². The number of carbonyl (C=O) groups excluding carboxylic acids is 4. The normalized spacial score (nSPS) is 47.2. The lowest BCUT2D eigenvalue weighted by Crippen LogP contribution is -2.71. The number of rotatable bonds is 28. The second-order valence-corrected chi connectivity index (χ2v) is 26.8. The Balaban J connectivity index is 1.07. The molecular weight excluding hydrogens is 1450 g/mol. The predicted octanol–water partition coefficient (Wildman–Crippen LogP) is -17.6. The molecule has 0 bridgehead atoms. The van der Waals surface area contributed by atoms with Crippen LogP contribution in [0.3, 0.4) is 0 Å². The third-order valence-corrected chi connectivity index (χ3v) is 19.2. The van der Waals surface area contributed by atoms with Crippen molar-refractivity contribution in [1.29, 1.82) is 0 Å². The van der Waals surface area contributed by atoms with E-state index in [9.17, 15) is 141 Å². The molecule has 8 heterocycles. The highest BCUT2D eigenvalue weighted by Gasteiger charge is 2.63. The van der Waals surface area contributed by atoms with E-state index >= 15 is 0 Å². The Morgan fingerprint density at radius 3 is 1.36 bits per heavy atom. The zero-order valence-electron chi connectivity index (χ0n) is 57.2. The first-order valence-corrected chi connectivity index (χ1v) is 33.6. The summed E-state index contributed by atoms with van der Waals surface area (Å²) in [7, 11) is 0. The first kappa shape index (κ1) is 87.4. The molecule has 0 aliphatic carbocycles. The molecule has 8 aliphatic heterocycles. The Morgan fingerprint density at radius 2 is 0.821 bits per heavy atom. The molecule has 0 aromatic heterocycles. The zero-order valence-corrected chi connectivity index (χ0v) is 57.2. The van der Waals surface area contributed by atoms with Crippen LogP contribution in [0.25, 0.3) is 0 Å². The number of carbonyl (C=O) groups is 5. The largest absolute Gasteiger partial charge is 0.477 e. The summed E-state index contributed by atoms with van der Waals surface area (Å²) in [4.78, 5) is 64.3. The van der Waals surface area contributed by atoms with Crippen LogP contribution in [-0.4, -0.2) is 444 Å². The van der Waals surface area contributed by atoms with Crippen LogP contribution in [0, 0.1) is 0 Å². The monoisotopic (exact) mass is 1550 g/mol. The Bertz CT molecular complexity index is 2850. The zero-order chi connectivity index (χ0) is 78.6. The molecule has 0 spiro atoms. The van der Waals surface area contributed by atoms with Crippen molar-refractivity contribution < 1.29 is 212 Å². The minimum absolute atomic E-state index is 0.861. The van der Waals surface area contributed by atoms with Crippen molar-refractivity contribution in [1.82, 2.24) is 21.3 Å². The number of amides is 4. The molecule has 8 aliphatic rings. The molecule has 0 aromatic rings. The molecule has 47 heteroatoms. The van der Waals surface area contributed by atoms with Gasteiger partial charge in [0.05, 0.1) is 64.5 Å². The van der Waals surface area contributed by atoms with Crippen LogP contribution in [0.15, 0.2) is 0 Å². The molecular formula is C59H98N4O43. The molecule has 47 nitrogen and oxygen atoms in total. The van der Waals surface area contributed by atoms with Gasteiger partial charge in [-0.2, -0.15) is 0 Å². The van der Waals surface area contributed by atoms with E-state index in [1.165, 1.54) is 6.92 Å². The third-order valence-electron chi connectivity index (χ3n) is 19.2. The number of carboxylic acid groups (broad SMARTS) is 1. The number of hydrogen-bond donors (Lipinski definition) is 27. The lowest BCUT2D eigenvalue weighted by molar-refractivity contribution is -0.389. The van der Waals surface area contributed by atoms with Gasteiger partial charge < -0.3 is 210 Å². The Morgan fingerprint density at radius 1 is 0.406 bits per heavy atom. The van der Waals surface area contributed by atoms with Crippen LogP contribution in [-0.2, 0) is 95.0 Å². The standard InChI is InChI=1S/C59H98N4O43/c1-14-31(76)38(83)40(85)54(93-14)103-48-30(63-18(5)73)52(98-25(12-69)45(48)101-56-42(87)49(34(79)22(9-66)96-56)104-53-28(61-16(3)71)37(82)44(24(11-68)99-53)100-55-41(86)39(84)33(78)21(8-65)95-55)92-13-26-36(81)46(29(51(89)94-26)62-17(4)72)102-57-43(88)50(35(80)23(10-67)97-57)106-59(58(90)91)6-19(74)27(60-15(2)70)47(105-59)32(77)20(75)7-64/h14,19-57,64-69,74-89H,6-13H2,1-5H3,(H,60,70)(H,61,71)(H,62,72)(H,63,73)(H,90,91)/t14-,19-,20+,21+,22+,23+,24+,25+,26+,27+,28+,29+,30+,31+,32+,33-,34-,35-,36-,37+,38+,39-,40-,41+,42+,43+,44+,45+,46+,47+,48+,49-,50-,51+,52+,53-,54-,55-,56-,57-,59-/m0/s1. The summed E-state index contributed by atoms with van der Waals surface area (Å²) >= 11 is 0. The molecule has 0 radical (unpaired) electrons. The highest BCUT2D eigenvalue weighted by molar-refractivity contribution is 5.77. The van der Waals surface area contributed by atoms with E-state index in [0.717, 1.165) is 27.7 Å². The molecule has 8 saturated heterocycles. The smallest absolute Gasteiger partial charge is 0.364 e. The van der Waals surface area contributed by atoms with Gasteiger partial charge in [-0.05, 0) is 6.92 Å². The topological polar surface area (TPSA) is 737 Å². The highest BCUT2D eigenvalue weighted by atomic mass is 16.8. The minimum Gasteiger partial charge on any atom is -0.477 e. The fraction of sp³-hybridized carbons (Fsp3) is 0.915. The van der Waals surface area contributed by atoms with Crippen molar-refractivity contribution in [3.63, 3.8) is 0 Å². The van der Waals surface area contributed by atoms with Gasteiger partial charge >= 0.3 is 5.97 Å². The number of aliphatic hydroxyl groups excluding tert-OH is 22. The van der Waals surface area contributed by atoms with Gasteiger partial charge in [0.25, 0.3) is 5.79 Å². The third kappa shape index (κ3) is 19.1. The van der Waals surface area contributed by atoms with Crippen LogP contribution in [0.5, 0.6) is 0 Å². The molecule has 41 atom stereocenters. The maximum atomic E-state index is 13.4. The van der Waals surface area contributed by atoms with E-state index in [2.05, 4.69) is 21.3 Å². The number of hydrogen-bond acceptors (Lipinski definition) is 42. The van der Waals surface area contributed by atoms with Gasteiger partial charge in [-0.25, -0.2) is 4.79 Å². The molecule has 612 valence electrons. The van der Waals surface area contributed by atoms with Crippen LogP contribution >= 0.6 is 0 Å². The molecule has 106 heavy (non-hydrogen) atoms. The van der Waals surface area contributed by atoms with E-state index in [-0.39, 0.29) is 0 Å². The second kappa shape index (κ2) is 37.5. The number of nitrogens with one attached hydrogen (secondary N) is 4. The highest BCUT2D eigenvalue weighted by Crippen LogP contribution is 2.41. The molecule has 0 saturated carbocycles. The molecule has 27 N–H and O–H groups in total. The molecule has 0 unspecified atom stereocenters. The average molecular weight is 1550 g/mol. The van der Waals surface area contributed by atoms with E-state index in [0.29, 0.717) is 0 Å². The van der Waals surface area contributed by atoms with E-state index in [4.69, 9.17) is 71.1 Å². The van der Waals surface area contributed by atoms with E-state index in [1.807, 2.05) is 0 Å². The summed E-state index contributed by atoms with van der Waals surface area (Å²) < 4.78 is 88.4. The molecule has 8 rings (SSSR count). The van der Waals surface area contributed by atoms with Gasteiger partial charge in [-0.1, -0.05) is 0 Å². The summed E-state index contributed by atoms with van der Waals surface area (Å²) in [6, 6.07) is -7.41. The average Bonchev–Trinajstić information content (AvgIpc) is 0.760. The van der Waals surface area contributed by atoms with Crippen molar-refractivity contribution in [3.05, 3.63) is 0 Å². The van der Waals surface area contributed by atoms with Gasteiger partial charge in [0.2, 0.25) is 23.6 Å². The fourth-order valence-electron chi connectivity index (χ4n) is 13.6. The minimum atomic E-state index is -3.27. The van der Waals surface area contributed by atoms with Crippen molar-refractivity contribution in [2.75, 3.05) is 46.2 Å². The maximum Gasteiger partial charge on any atom is 0.364 e. The van der Waals surface area contributed by atoms with Crippen LogP contribution < -0.4 is 21.3 Å². The van der Waals surface area contributed by atoms with E-state index < -0.39 is 333 Å². The summed E-state index contributed by atoms with van der Waals surface area (Å²) in [6.07, 6.45) is -75.5. The van der Waals surface area contributed by atoms with Crippen molar-refractivity contribution >= 4 is 29.6 Å². The molecule has 8 fully saturated rings. The molecule has 0 aromatic carbocycles. The number of ether oxygens (including phenoxy) is 15. The summed E-state index contributed by atoms with van der Waals surface area (Å²) in [6.45, 7) is -2.72.